The van der Waals surface area contributed by atoms with E-state index in [9.17, 15) is 0 Å². The van der Waals surface area contributed by atoms with Crippen LogP contribution in [0.2, 0.25) is 0 Å². The molecule has 4 heteroatoms. The fraction of sp³-hybridized carbons (Fsp3) is 0.188. The van der Waals surface area contributed by atoms with Gasteiger partial charge in [-0.3, -0.25) is 0 Å². The lowest BCUT2D eigenvalue weighted by atomic mass is 10.2. The molecule has 2 rings (SSSR count). The SMILES string of the molecule is COc1ccc(CBr)cc1.[C-]#[N+]c1ccc(CBr)cc1. The van der Waals surface area contributed by atoms with Crippen LogP contribution >= 0.6 is 31.9 Å². The van der Waals surface area contributed by atoms with E-state index in [-0.39, 0.29) is 0 Å². The fourth-order valence-electron chi connectivity index (χ4n) is 1.37. The molecule has 2 aromatic rings. The molecule has 0 aliphatic carbocycles. The van der Waals surface area contributed by atoms with Crippen molar-refractivity contribution in [1.82, 2.24) is 0 Å². The first-order valence-electron chi connectivity index (χ1n) is 5.94. The molecule has 0 atom stereocenters. The second kappa shape index (κ2) is 9.57. The number of hydrogen-bond acceptors (Lipinski definition) is 1. The largest absolute Gasteiger partial charge is 0.497 e. The molecular formula is C16H15Br2NO. The van der Waals surface area contributed by atoms with E-state index in [0.717, 1.165) is 16.4 Å². The summed E-state index contributed by atoms with van der Waals surface area (Å²) in [5.41, 5.74) is 3.16. The highest BCUT2D eigenvalue weighted by atomic mass is 79.9. The summed E-state index contributed by atoms with van der Waals surface area (Å²) in [5.74, 6) is 0.907. The van der Waals surface area contributed by atoms with E-state index in [4.69, 9.17) is 11.3 Å². The average molecular weight is 397 g/mol. The van der Waals surface area contributed by atoms with E-state index in [1.165, 1.54) is 11.1 Å². The molecule has 0 saturated carbocycles. The van der Waals surface area contributed by atoms with Crippen molar-refractivity contribution in [2.75, 3.05) is 7.11 Å². The maximum atomic E-state index is 6.68. The summed E-state index contributed by atoms with van der Waals surface area (Å²) in [4.78, 5) is 3.28. The molecule has 0 aliphatic heterocycles. The molecule has 0 saturated heterocycles. The van der Waals surface area contributed by atoms with Gasteiger partial charge in [0.2, 0.25) is 0 Å². The zero-order chi connectivity index (χ0) is 14.8. The maximum Gasteiger partial charge on any atom is 0.187 e. The summed E-state index contributed by atoms with van der Waals surface area (Å²) in [6.45, 7) is 6.68. The van der Waals surface area contributed by atoms with Crippen molar-refractivity contribution in [2.24, 2.45) is 0 Å². The van der Waals surface area contributed by atoms with Gasteiger partial charge >= 0.3 is 0 Å². The first-order chi connectivity index (χ1) is 9.73. The van der Waals surface area contributed by atoms with Crippen LogP contribution in [0.25, 0.3) is 4.85 Å². The molecule has 0 aliphatic rings. The van der Waals surface area contributed by atoms with Crippen LogP contribution in [0.5, 0.6) is 5.75 Å². The molecular weight excluding hydrogens is 382 g/mol. The molecule has 0 amide bonds. The summed E-state index contributed by atoms with van der Waals surface area (Å²) in [6, 6.07) is 15.5. The number of halogens is 2. The van der Waals surface area contributed by atoms with E-state index in [1.54, 1.807) is 7.11 Å². The third-order valence-corrected chi connectivity index (χ3v) is 3.83. The topological polar surface area (TPSA) is 13.6 Å². The maximum absolute atomic E-state index is 6.68. The quantitative estimate of drug-likeness (QED) is 0.477. The molecule has 0 bridgehead atoms. The summed E-state index contributed by atoms with van der Waals surface area (Å²) in [7, 11) is 1.67. The number of ether oxygens (including phenoxy) is 1. The third-order valence-electron chi connectivity index (χ3n) is 2.53. The fourth-order valence-corrected chi connectivity index (χ4v) is 2.12. The molecule has 20 heavy (non-hydrogen) atoms. The molecule has 0 radical (unpaired) electrons. The Morgan fingerprint density at radius 2 is 1.35 bits per heavy atom. The van der Waals surface area contributed by atoms with Crippen molar-refractivity contribution in [1.29, 1.82) is 0 Å². The minimum Gasteiger partial charge on any atom is -0.497 e. The Morgan fingerprint density at radius 1 is 0.900 bits per heavy atom. The second-order valence-electron chi connectivity index (χ2n) is 3.89. The molecule has 2 nitrogen and oxygen atoms in total. The summed E-state index contributed by atoms with van der Waals surface area (Å²) < 4.78 is 5.00. The smallest absolute Gasteiger partial charge is 0.187 e. The van der Waals surface area contributed by atoms with Gasteiger partial charge < -0.3 is 4.74 Å². The third kappa shape index (κ3) is 5.77. The van der Waals surface area contributed by atoms with Gasteiger partial charge in [0.05, 0.1) is 13.7 Å². The lowest BCUT2D eigenvalue weighted by Gasteiger charge is -1.98. The zero-order valence-corrected chi connectivity index (χ0v) is 14.3. The van der Waals surface area contributed by atoms with E-state index >= 15 is 0 Å². The minimum atomic E-state index is 0.699. The van der Waals surface area contributed by atoms with Gasteiger partial charge in [0.15, 0.2) is 5.69 Å². The molecule has 0 spiro atoms. The van der Waals surface area contributed by atoms with Crippen LogP contribution in [-0.4, -0.2) is 7.11 Å². The van der Waals surface area contributed by atoms with Crippen molar-refractivity contribution in [3.05, 3.63) is 71.1 Å². The Balaban J connectivity index is 0.000000200. The lowest BCUT2D eigenvalue weighted by molar-refractivity contribution is 0.414. The summed E-state index contributed by atoms with van der Waals surface area (Å²) in [5, 5.41) is 1.75. The molecule has 0 N–H and O–H groups in total. The molecule has 104 valence electrons. The molecule has 0 heterocycles. The average Bonchev–Trinajstić information content (AvgIpc) is 2.55. The van der Waals surface area contributed by atoms with E-state index in [1.807, 2.05) is 48.5 Å². The second-order valence-corrected chi connectivity index (χ2v) is 5.02. The Morgan fingerprint density at radius 3 is 1.70 bits per heavy atom. The van der Waals surface area contributed by atoms with Crippen LogP contribution in [0.4, 0.5) is 5.69 Å². The Labute approximate surface area is 136 Å². The highest BCUT2D eigenvalue weighted by molar-refractivity contribution is 9.08. The standard InChI is InChI=1S/C8H6BrN.C8H9BrO/c2*1-10-8-4-2-7(6-9)3-5-8/h2-5H,6H2;2-5H,6H2,1H3. The van der Waals surface area contributed by atoms with Crippen LogP contribution < -0.4 is 4.74 Å². The monoisotopic (exact) mass is 395 g/mol. The number of methoxy groups -OCH3 is 1. The normalized spacial score (nSPS) is 9.10. The molecule has 0 fully saturated rings. The number of benzene rings is 2. The van der Waals surface area contributed by atoms with Gasteiger partial charge in [-0.25, -0.2) is 4.85 Å². The highest BCUT2D eigenvalue weighted by Gasteiger charge is 1.90. The highest BCUT2D eigenvalue weighted by Crippen LogP contribution is 2.14. The predicted molar refractivity (Wildman–Crippen MR) is 91.0 cm³/mol. The van der Waals surface area contributed by atoms with Gasteiger partial charge in [-0.2, -0.15) is 0 Å². The van der Waals surface area contributed by atoms with Crippen molar-refractivity contribution >= 4 is 37.5 Å². The number of alkyl halides is 2. The van der Waals surface area contributed by atoms with Gasteiger partial charge in [-0.1, -0.05) is 68.3 Å². The predicted octanol–water partition coefficient (Wildman–Crippen LogP) is 5.72. The van der Waals surface area contributed by atoms with Crippen molar-refractivity contribution in [3.8, 4) is 5.75 Å². The van der Waals surface area contributed by atoms with E-state index < -0.39 is 0 Å². The Hall–Kier alpha value is -1.31. The van der Waals surface area contributed by atoms with Gasteiger partial charge in [0.1, 0.15) is 5.75 Å². The molecule has 2 aromatic carbocycles. The zero-order valence-electron chi connectivity index (χ0n) is 11.1. The van der Waals surface area contributed by atoms with Crippen molar-refractivity contribution in [2.45, 2.75) is 10.7 Å². The lowest BCUT2D eigenvalue weighted by Crippen LogP contribution is -1.82. The number of nitrogens with zero attached hydrogens (tertiary/aromatic N) is 1. The first-order valence-corrected chi connectivity index (χ1v) is 8.19. The van der Waals surface area contributed by atoms with Crippen LogP contribution in [0, 0.1) is 6.57 Å². The number of rotatable bonds is 3. The first kappa shape index (κ1) is 16.7. The van der Waals surface area contributed by atoms with Gasteiger partial charge in [0, 0.05) is 10.7 Å². The van der Waals surface area contributed by atoms with Gasteiger partial charge in [0.25, 0.3) is 0 Å². The van der Waals surface area contributed by atoms with Crippen LogP contribution in [0.15, 0.2) is 48.5 Å². The van der Waals surface area contributed by atoms with Gasteiger partial charge in [-0.05, 0) is 23.3 Å². The molecule has 0 unspecified atom stereocenters. The Bertz CT molecular complexity index is 521. The Kier molecular flexibility index (Phi) is 8.01. The van der Waals surface area contributed by atoms with Gasteiger partial charge in [-0.15, -0.1) is 0 Å². The van der Waals surface area contributed by atoms with Crippen LogP contribution in [0.3, 0.4) is 0 Å². The van der Waals surface area contributed by atoms with E-state index in [2.05, 4.69) is 36.7 Å². The number of hydrogen-bond donors (Lipinski definition) is 0. The molecule has 0 aromatic heterocycles. The van der Waals surface area contributed by atoms with Crippen molar-refractivity contribution in [3.63, 3.8) is 0 Å². The van der Waals surface area contributed by atoms with Crippen molar-refractivity contribution < 1.29 is 4.74 Å². The summed E-state index contributed by atoms with van der Waals surface area (Å²) >= 11 is 6.69. The van der Waals surface area contributed by atoms with E-state index in [0.29, 0.717) is 5.69 Å². The van der Waals surface area contributed by atoms with Crippen LogP contribution in [-0.2, 0) is 10.7 Å². The minimum absolute atomic E-state index is 0.699. The van der Waals surface area contributed by atoms with Crippen LogP contribution in [0.1, 0.15) is 11.1 Å². The summed E-state index contributed by atoms with van der Waals surface area (Å²) in [6.07, 6.45) is 0.